The van der Waals surface area contributed by atoms with Gasteiger partial charge >= 0.3 is 0 Å². The molecule has 0 radical (unpaired) electrons. The van der Waals surface area contributed by atoms with E-state index in [0.29, 0.717) is 6.79 Å². The molecule has 1 aliphatic rings. The van der Waals surface area contributed by atoms with Crippen molar-refractivity contribution < 1.29 is 9.47 Å². The summed E-state index contributed by atoms with van der Waals surface area (Å²) in [6.45, 7) is 4.23. The minimum atomic E-state index is 0.333. The van der Waals surface area contributed by atoms with Crippen LogP contribution in [0.15, 0.2) is 35.8 Å². The zero-order valence-electron chi connectivity index (χ0n) is 6.83. The third-order valence-corrected chi connectivity index (χ3v) is 1.31. The molecule has 1 rings (SSSR count). The smallest absolute Gasteiger partial charge is 0.231 e. The van der Waals surface area contributed by atoms with Crippen LogP contribution in [-0.4, -0.2) is 6.79 Å². The third kappa shape index (κ3) is 1.87. The van der Waals surface area contributed by atoms with Crippen molar-refractivity contribution in [2.24, 2.45) is 0 Å². The molecule has 0 aromatic heterocycles. The molecule has 0 fully saturated rings. The minimum absolute atomic E-state index is 0.333. The SMILES string of the molecule is CC=CC1=C(C=CC)OCO1. The molecule has 0 bridgehead atoms. The van der Waals surface area contributed by atoms with Gasteiger partial charge in [0.2, 0.25) is 6.79 Å². The Morgan fingerprint density at radius 2 is 1.45 bits per heavy atom. The Hall–Kier alpha value is -1.18. The van der Waals surface area contributed by atoms with E-state index in [9.17, 15) is 0 Å². The number of rotatable bonds is 2. The maximum atomic E-state index is 5.18. The van der Waals surface area contributed by atoms with Crippen molar-refractivity contribution in [3.05, 3.63) is 35.8 Å². The Morgan fingerprint density at radius 1 is 1.00 bits per heavy atom. The number of hydrogen-bond acceptors (Lipinski definition) is 2. The molecule has 1 aliphatic heterocycles. The van der Waals surface area contributed by atoms with Crippen LogP contribution in [0, 0.1) is 0 Å². The second-order valence-corrected chi connectivity index (χ2v) is 2.14. The summed E-state index contributed by atoms with van der Waals surface area (Å²) in [7, 11) is 0. The lowest BCUT2D eigenvalue weighted by Crippen LogP contribution is -1.80. The highest BCUT2D eigenvalue weighted by Crippen LogP contribution is 2.18. The van der Waals surface area contributed by atoms with Gasteiger partial charge in [-0.15, -0.1) is 0 Å². The monoisotopic (exact) mass is 152 g/mol. The summed E-state index contributed by atoms with van der Waals surface area (Å²) in [6, 6.07) is 0. The molecule has 0 spiro atoms. The molecule has 0 atom stereocenters. The average molecular weight is 152 g/mol. The summed E-state index contributed by atoms with van der Waals surface area (Å²) in [5.41, 5.74) is 0. The van der Waals surface area contributed by atoms with Crippen molar-refractivity contribution in [1.82, 2.24) is 0 Å². The quantitative estimate of drug-likeness (QED) is 0.604. The van der Waals surface area contributed by atoms with Crippen LogP contribution in [0.3, 0.4) is 0 Å². The molecule has 0 aliphatic carbocycles. The van der Waals surface area contributed by atoms with Gasteiger partial charge in [-0.05, 0) is 26.0 Å². The molecule has 0 saturated heterocycles. The summed E-state index contributed by atoms with van der Waals surface area (Å²) in [5, 5.41) is 0. The normalized spacial score (nSPS) is 18.0. The molecule has 0 aromatic rings. The molecule has 0 amide bonds. The zero-order valence-corrected chi connectivity index (χ0v) is 6.83. The summed E-state index contributed by atoms with van der Waals surface area (Å²) in [5.74, 6) is 1.62. The molecule has 0 saturated carbocycles. The maximum Gasteiger partial charge on any atom is 0.231 e. The van der Waals surface area contributed by atoms with Gasteiger partial charge in [-0.25, -0.2) is 0 Å². The molecule has 0 unspecified atom stereocenters. The van der Waals surface area contributed by atoms with Crippen LogP contribution in [0.25, 0.3) is 0 Å². The highest BCUT2D eigenvalue weighted by Gasteiger charge is 2.10. The molecule has 0 aromatic carbocycles. The fourth-order valence-electron chi connectivity index (χ4n) is 0.862. The highest BCUT2D eigenvalue weighted by molar-refractivity contribution is 5.25. The minimum Gasteiger partial charge on any atom is -0.454 e. The Labute approximate surface area is 66.8 Å². The van der Waals surface area contributed by atoms with Crippen LogP contribution in [0.2, 0.25) is 0 Å². The maximum absolute atomic E-state index is 5.18. The summed E-state index contributed by atoms with van der Waals surface area (Å²) >= 11 is 0. The van der Waals surface area contributed by atoms with E-state index in [1.54, 1.807) is 0 Å². The van der Waals surface area contributed by atoms with Crippen molar-refractivity contribution in [2.45, 2.75) is 13.8 Å². The molecule has 60 valence electrons. The molecule has 11 heavy (non-hydrogen) atoms. The van der Waals surface area contributed by atoms with Crippen LogP contribution < -0.4 is 0 Å². The van der Waals surface area contributed by atoms with Gasteiger partial charge in [-0.3, -0.25) is 0 Å². The zero-order chi connectivity index (χ0) is 8.10. The van der Waals surface area contributed by atoms with Crippen molar-refractivity contribution in [1.29, 1.82) is 0 Å². The lowest BCUT2D eigenvalue weighted by molar-refractivity contribution is 0.0778. The van der Waals surface area contributed by atoms with E-state index in [-0.39, 0.29) is 0 Å². The van der Waals surface area contributed by atoms with Crippen LogP contribution in [0.4, 0.5) is 0 Å². The number of hydrogen-bond donors (Lipinski definition) is 0. The summed E-state index contributed by atoms with van der Waals surface area (Å²) in [6.07, 6.45) is 7.63. The first-order chi connectivity index (χ1) is 5.38. The van der Waals surface area contributed by atoms with E-state index in [4.69, 9.17) is 9.47 Å². The van der Waals surface area contributed by atoms with Gasteiger partial charge in [0.25, 0.3) is 0 Å². The van der Waals surface area contributed by atoms with Crippen LogP contribution in [-0.2, 0) is 9.47 Å². The Morgan fingerprint density at radius 3 is 1.82 bits per heavy atom. The van der Waals surface area contributed by atoms with Crippen molar-refractivity contribution >= 4 is 0 Å². The van der Waals surface area contributed by atoms with Gasteiger partial charge in [0.05, 0.1) is 0 Å². The van der Waals surface area contributed by atoms with Crippen LogP contribution in [0.5, 0.6) is 0 Å². The first-order valence-corrected chi connectivity index (χ1v) is 3.63. The Kier molecular flexibility index (Phi) is 2.78. The molecule has 0 N–H and O–H groups in total. The van der Waals surface area contributed by atoms with Gasteiger partial charge in [0, 0.05) is 0 Å². The number of allylic oxidation sites excluding steroid dienone is 4. The van der Waals surface area contributed by atoms with Gasteiger partial charge in [0.15, 0.2) is 11.5 Å². The molecule has 2 nitrogen and oxygen atoms in total. The van der Waals surface area contributed by atoms with E-state index in [2.05, 4.69) is 0 Å². The summed E-state index contributed by atoms with van der Waals surface area (Å²) in [4.78, 5) is 0. The molecule has 2 heteroatoms. The van der Waals surface area contributed by atoms with E-state index >= 15 is 0 Å². The molecular formula is C9H12O2. The van der Waals surface area contributed by atoms with Crippen molar-refractivity contribution in [3.63, 3.8) is 0 Å². The second kappa shape index (κ2) is 3.86. The third-order valence-electron chi connectivity index (χ3n) is 1.31. The van der Waals surface area contributed by atoms with Gasteiger partial charge in [-0.2, -0.15) is 0 Å². The fourth-order valence-corrected chi connectivity index (χ4v) is 0.862. The standard InChI is InChI=1S/C9H12O2/c1-3-5-8-9(6-4-2)11-7-10-8/h3-6H,7H2,1-2H3. The van der Waals surface area contributed by atoms with E-state index in [1.165, 1.54) is 0 Å². The van der Waals surface area contributed by atoms with Gasteiger partial charge in [-0.1, -0.05) is 12.2 Å². The lowest BCUT2D eigenvalue weighted by atomic mass is 10.3. The first-order valence-electron chi connectivity index (χ1n) is 3.63. The largest absolute Gasteiger partial charge is 0.454 e. The number of ether oxygens (including phenoxy) is 2. The van der Waals surface area contributed by atoms with E-state index in [1.807, 2.05) is 38.2 Å². The predicted molar refractivity (Wildman–Crippen MR) is 43.7 cm³/mol. The van der Waals surface area contributed by atoms with Crippen LogP contribution >= 0.6 is 0 Å². The molecule has 1 heterocycles. The lowest BCUT2D eigenvalue weighted by Gasteiger charge is -1.90. The van der Waals surface area contributed by atoms with E-state index in [0.717, 1.165) is 11.5 Å². The average Bonchev–Trinajstić information content (AvgIpc) is 2.39. The summed E-state index contributed by atoms with van der Waals surface area (Å²) < 4.78 is 10.4. The Balaban J connectivity index is 2.77. The highest BCUT2D eigenvalue weighted by atomic mass is 16.7. The second-order valence-electron chi connectivity index (χ2n) is 2.14. The van der Waals surface area contributed by atoms with Crippen molar-refractivity contribution in [3.8, 4) is 0 Å². The fraction of sp³-hybridized carbons (Fsp3) is 0.333. The predicted octanol–water partition coefficient (Wildman–Crippen LogP) is 2.35. The van der Waals surface area contributed by atoms with E-state index < -0.39 is 0 Å². The first kappa shape index (κ1) is 7.92. The Bertz CT molecular complexity index is 190. The van der Waals surface area contributed by atoms with Crippen molar-refractivity contribution in [2.75, 3.05) is 6.79 Å². The van der Waals surface area contributed by atoms with Gasteiger partial charge in [0.1, 0.15) is 0 Å². The van der Waals surface area contributed by atoms with Crippen LogP contribution in [0.1, 0.15) is 13.8 Å². The van der Waals surface area contributed by atoms with Gasteiger partial charge < -0.3 is 9.47 Å². The topological polar surface area (TPSA) is 18.5 Å². The molecular weight excluding hydrogens is 140 g/mol.